The fraction of sp³-hybridized carbons (Fsp3) is 0.174. The zero-order valence-electron chi connectivity index (χ0n) is 19.7. The molecule has 1 aliphatic rings. The molecule has 0 aliphatic carbocycles. The van der Waals surface area contributed by atoms with Gasteiger partial charge < -0.3 is 11.5 Å². The zero-order valence-corrected chi connectivity index (χ0v) is 22.0. The van der Waals surface area contributed by atoms with Crippen LogP contribution in [0.4, 0.5) is 11.5 Å². The third kappa shape index (κ3) is 7.82. The fourth-order valence-electron chi connectivity index (χ4n) is 2.56. The summed E-state index contributed by atoms with van der Waals surface area (Å²) in [6.07, 6.45) is 0. The van der Waals surface area contributed by atoms with Gasteiger partial charge in [0.2, 0.25) is 0 Å². The number of hydrazone groups is 1. The van der Waals surface area contributed by atoms with Gasteiger partial charge in [-0.3, -0.25) is 14.3 Å². The molecule has 0 spiro atoms. The Kier molecular flexibility index (Phi) is 10.9. The van der Waals surface area contributed by atoms with Gasteiger partial charge in [-0.1, -0.05) is 37.0 Å². The molecule has 4 rings (SSSR count). The third-order valence-electron chi connectivity index (χ3n) is 4.39. The molecule has 2 amide bonds. The minimum absolute atomic E-state index is 0.286. The Morgan fingerprint density at radius 1 is 1.00 bits per heavy atom. The van der Waals surface area contributed by atoms with E-state index in [1.165, 1.54) is 12.1 Å². The summed E-state index contributed by atoms with van der Waals surface area (Å²) in [6.45, 7) is 5.61. The van der Waals surface area contributed by atoms with Crippen molar-refractivity contribution in [3.8, 4) is 0 Å². The monoisotopic (exact) mass is 549 g/mol. The first-order valence-corrected chi connectivity index (χ1v) is 12.5. The van der Waals surface area contributed by atoms with Crippen molar-refractivity contribution >= 4 is 63.2 Å². The summed E-state index contributed by atoms with van der Waals surface area (Å²) in [5, 5.41) is 12.8. The lowest BCUT2D eigenvalue weighted by molar-refractivity contribution is -0.127. The van der Waals surface area contributed by atoms with Gasteiger partial charge in [-0.25, -0.2) is 4.21 Å². The topological polar surface area (TPSA) is 157 Å². The third-order valence-corrected chi connectivity index (χ3v) is 5.94. The molecule has 1 aromatic heterocycles. The molecule has 0 saturated carbocycles. The Hall–Kier alpha value is -3.38. The number of nitrogens with two attached hydrogens (primary N) is 2. The van der Waals surface area contributed by atoms with Crippen molar-refractivity contribution in [2.45, 2.75) is 31.7 Å². The summed E-state index contributed by atoms with van der Waals surface area (Å²) < 4.78 is 14.6. The van der Waals surface area contributed by atoms with Crippen molar-refractivity contribution in [2.24, 2.45) is 10.8 Å². The molecule has 2 unspecified atom stereocenters. The molecule has 3 aromatic rings. The zero-order chi connectivity index (χ0) is 26.8. The summed E-state index contributed by atoms with van der Waals surface area (Å²) in [5.41, 5.74) is 12.5. The second kappa shape index (κ2) is 13.6. The number of amides is 2. The number of nitrogens with zero attached hydrogens (tertiary/aromatic N) is 4. The van der Waals surface area contributed by atoms with E-state index in [-0.39, 0.29) is 5.15 Å². The standard InChI is InChI=1S/C11H10ClN3O2.C10H9ClN4OS.C2H6/c1-6-9(13)11(17)15(14-6)10(16)7-2-4-8(12)5-3-7;11-9-5-6-10(14-13-9)15-17(16)8-3-1-7(12)2-4-8;1-2/h2-5,9H,13H2,1H3;1-6H,12H2,(H,14,15);1-2H3. The number of aromatic nitrogens is 2. The van der Waals surface area contributed by atoms with Crippen LogP contribution in [0.25, 0.3) is 0 Å². The van der Waals surface area contributed by atoms with E-state index in [4.69, 9.17) is 34.7 Å². The Bertz CT molecular complexity index is 1240. The molecule has 0 saturated heterocycles. The second-order valence-corrected chi connectivity index (χ2v) is 8.90. The summed E-state index contributed by atoms with van der Waals surface area (Å²) in [4.78, 5) is 24.2. The number of imide groups is 1. The molecule has 10 nitrogen and oxygen atoms in total. The average molecular weight is 550 g/mol. The van der Waals surface area contributed by atoms with Gasteiger partial charge in [0.15, 0.2) is 22.0 Å². The molecule has 190 valence electrons. The van der Waals surface area contributed by atoms with Crippen LogP contribution in [0.15, 0.2) is 70.7 Å². The Labute approximate surface area is 221 Å². The van der Waals surface area contributed by atoms with Crippen molar-refractivity contribution < 1.29 is 13.8 Å². The first-order chi connectivity index (χ1) is 17.2. The lowest BCUT2D eigenvalue weighted by Gasteiger charge is -2.10. The molecule has 2 aromatic carbocycles. The number of nitrogens with one attached hydrogen (secondary N) is 1. The van der Waals surface area contributed by atoms with Crippen LogP contribution in [0.1, 0.15) is 31.1 Å². The smallest absolute Gasteiger partial charge is 0.281 e. The van der Waals surface area contributed by atoms with E-state index in [1.807, 2.05) is 13.8 Å². The summed E-state index contributed by atoms with van der Waals surface area (Å²) >= 11 is 11.3. The lowest BCUT2D eigenvalue weighted by Crippen LogP contribution is -2.40. The van der Waals surface area contributed by atoms with E-state index >= 15 is 0 Å². The van der Waals surface area contributed by atoms with Crippen LogP contribution in [0.2, 0.25) is 10.2 Å². The number of carbonyl (C=O) groups excluding carboxylic acids is 2. The van der Waals surface area contributed by atoms with Gasteiger partial charge in [-0.2, -0.15) is 10.1 Å². The molecule has 2 atom stereocenters. The molecule has 36 heavy (non-hydrogen) atoms. The van der Waals surface area contributed by atoms with Crippen molar-refractivity contribution in [3.63, 3.8) is 0 Å². The van der Waals surface area contributed by atoms with Gasteiger partial charge in [-0.05, 0) is 67.6 Å². The van der Waals surface area contributed by atoms with E-state index in [1.54, 1.807) is 55.5 Å². The number of hydrogen-bond donors (Lipinski definition) is 3. The molecule has 5 N–H and O–H groups in total. The summed E-state index contributed by atoms with van der Waals surface area (Å²) in [5.74, 6) is -0.619. The molecule has 2 heterocycles. The van der Waals surface area contributed by atoms with Crippen molar-refractivity contribution in [1.29, 1.82) is 0 Å². The fourth-order valence-corrected chi connectivity index (χ4v) is 3.58. The van der Waals surface area contributed by atoms with Gasteiger partial charge in [0.1, 0.15) is 6.04 Å². The molecular formula is C23H25Cl2N7O3S. The minimum Gasteiger partial charge on any atom is -0.399 e. The van der Waals surface area contributed by atoms with Crippen LogP contribution in [0.3, 0.4) is 0 Å². The summed E-state index contributed by atoms with van der Waals surface area (Å²) in [6, 6.07) is 15.3. The number of hydrogen-bond acceptors (Lipinski definition) is 8. The van der Waals surface area contributed by atoms with Crippen LogP contribution in [-0.2, 0) is 15.8 Å². The maximum atomic E-state index is 12.0. The SMILES string of the molecule is CC.CC1=NN(C(=O)c2ccc(Cl)cc2)C(=O)C1N.Nc1ccc(S(=O)Nc2ccc(Cl)nn2)cc1. The highest BCUT2D eigenvalue weighted by Crippen LogP contribution is 2.16. The Morgan fingerprint density at radius 2 is 1.61 bits per heavy atom. The molecule has 0 radical (unpaired) electrons. The number of nitrogen functional groups attached to an aromatic ring is 1. The summed E-state index contributed by atoms with van der Waals surface area (Å²) in [7, 11) is -1.40. The average Bonchev–Trinajstić information content (AvgIpc) is 3.14. The van der Waals surface area contributed by atoms with E-state index in [0.29, 0.717) is 32.7 Å². The van der Waals surface area contributed by atoms with E-state index in [0.717, 1.165) is 5.01 Å². The van der Waals surface area contributed by atoms with Crippen LogP contribution in [0, 0.1) is 0 Å². The highest BCUT2D eigenvalue weighted by Gasteiger charge is 2.35. The highest BCUT2D eigenvalue weighted by atomic mass is 35.5. The largest absolute Gasteiger partial charge is 0.399 e. The van der Waals surface area contributed by atoms with Crippen LogP contribution >= 0.6 is 23.2 Å². The first-order valence-electron chi connectivity index (χ1n) is 10.6. The normalized spacial score (nSPS) is 15.1. The van der Waals surface area contributed by atoms with Crippen LogP contribution in [-0.4, -0.2) is 43.0 Å². The van der Waals surface area contributed by atoms with E-state index < -0.39 is 28.8 Å². The van der Waals surface area contributed by atoms with Gasteiger partial charge in [-0.15, -0.1) is 10.2 Å². The minimum atomic E-state index is -1.40. The molecule has 1 aliphatic heterocycles. The van der Waals surface area contributed by atoms with Gasteiger partial charge in [0.25, 0.3) is 11.8 Å². The number of anilines is 2. The highest BCUT2D eigenvalue weighted by molar-refractivity contribution is 7.86. The Balaban J connectivity index is 0.000000237. The van der Waals surface area contributed by atoms with Gasteiger partial charge >= 0.3 is 0 Å². The number of benzene rings is 2. The Morgan fingerprint density at radius 3 is 2.11 bits per heavy atom. The van der Waals surface area contributed by atoms with Crippen molar-refractivity contribution in [2.75, 3.05) is 10.5 Å². The number of halogens is 2. The van der Waals surface area contributed by atoms with Crippen LogP contribution < -0.4 is 16.2 Å². The predicted molar refractivity (Wildman–Crippen MR) is 143 cm³/mol. The molecular weight excluding hydrogens is 525 g/mol. The van der Waals surface area contributed by atoms with Crippen molar-refractivity contribution in [3.05, 3.63) is 76.4 Å². The quantitative estimate of drug-likeness (QED) is 0.329. The molecule has 0 bridgehead atoms. The first kappa shape index (κ1) is 28.9. The number of carbonyl (C=O) groups is 2. The van der Waals surface area contributed by atoms with Crippen LogP contribution in [0.5, 0.6) is 0 Å². The maximum absolute atomic E-state index is 12.0. The van der Waals surface area contributed by atoms with Gasteiger partial charge in [0, 0.05) is 16.3 Å². The second-order valence-electron chi connectivity index (χ2n) is 6.86. The number of rotatable bonds is 4. The predicted octanol–water partition coefficient (Wildman–Crippen LogP) is 3.90. The lowest BCUT2D eigenvalue weighted by atomic mass is 10.2. The van der Waals surface area contributed by atoms with E-state index in [2.05, 4.69) is 20.0 Å². The molecule has 13 heteroatoms. The van der Waals surface area contributed by atoms with E-state index in [9.17, 15) is 13.8 Å². The van der Waals surface area contributed by atoms with Crippen molar-refractivity contribution in [1.82, 2.24) is 15.2 Å². The van der Waals surface area contributed by atoms with Gasteiger partial charge in [0.05, 0.1) is 10.6 Å². The molecule has 0 fully saturated rings. The maximum Gasteiger partial charge on any atom is 0.281 e.